The lowest BCUT2D eigenvalue weighted by molar-refractivity contribution is 0.257. The summed E-state index contributed by atoms with van der Waals surface area (Å²) in [5.41, 5.74) is 0. The summed E-state index contributed by atoms with van der Waals surface area (Å²) in [7, 11) is 2.21. The predicted octanol–water partition coefficient (Wildman–Crippen LogP) is 2.50. The van der Waals surface area contributed by atoms with Crippen LogP contribution < -0.4 is 10.6 Å². The summed E-state index contributed by atoms with van der Waals surface area (Å²) in [6.07, 6.45) is 3.78. The van der Waals surface area contributed by atoms with Crippen LogP contribution in [0.2, 0.25) is 0 Å². The SMILES string of the molecule is CCCNc1cc(NCC(C)N(C)C2CC2)nc(C)n1. The Kier molecular flexibility index (Phi) is 5.17. The van der Waals surface area contributed by atoms with Crippen molar-refractivity contribution in [3.05, 3.63) is 11.9 Å². The van der Waals surface area contributed by atoms with Crippen molar-refractivity contribution in [2.24, 2.45) is 0 Å². The van der Waals surface area contributed by atoms with Crippen LogP contribution in [0.25, 0.3) is 0 Å². The number of anilines is 2. The molecular formula is C15H27N5. The van der Waals surface area contributed by atoms with Crippen molar-refractivity contribution >= 4 is 11.6 Å². The molecule has 1 aliphatic rings. The third kappa shape index (κ3) is 4.34. The van der Waals surface area contributed by atoms with Gasteiger partial charge < -0.3 is 10.6 Å². The Hall–Kier alpha value is -1.36. The summed E-state index contributed by atoms with van der Waals surface area (Å²) in [6, 6.07) is 3.30. The molecule has 5 heteroatoms. The first-order valence-electron chi connectivity index (χ1n) is 7.65. The number of aromatic nitrogens is 2. The Bertz CT molecular complexity index is 430. The van der Waals surface area contributed by atoms with Gasteiger partial charge in [-0.15, -0.1) is 0 Å². The van der Waals surface area contributed by atoms with Crippen LogP contribution in [-0.2, 0) is 0 Å². The molecule has 0 spiro atoms. The van der Waals surface area contributed by atoms with Crippen LogP contribution in [0.4, 0.5) is 11.6 Å². The molecule has 0 bridgehead atoms. The summed E-state index contributed by atoms with van der Waals surface area (Å²) >= 11 is 0. The standard InChI is InChI=1S/C15H27N5/c1-5-8-16-14-9-15(19-12(3)18-14)17-10-11(2)20(4)13-6-7-13/h9,11,13H,5-8,10H2,1-4H3,(H2,16,17,18,19). The molecule has 1 saturated carbocycles. The smallest absolute Gasteiger partial charge is 0.131 e. The molecule has 1 unspecified atom stereocenters. The largest absolute Gasteiger partial charge is 0.370 e. The van der Waals surface area contributed by atoms with Crippen molar-refractivity contribution < 1.29 is 0 Å². The Balaban J connectivity index is 1.89. The number of nitrogens with zero attached hydrogens (tertiary/aromatic N) is 3. The zero-order valence-corrected chi connectivity index (χ0v) is 13.1. The highest BCUT2D eigenvalue weighted by atomic mass is 15.2. The molecule has 2 rings (SSSR count). The van der Waals surface area contributed by atoms with Crippen LogP contribution in [0.3, 0.4) is 0 Å². The fourth-order valence-corrected chi connectivity index (χ4v) is 2.24. The van der Waals surface area contributed by atoms with E-state index in [-0.39, 0.29) is 0 Å². The molecule has 0 radical (unpaired) electrons. The van der Waals surface area contributed by atoms with Crippen LogP contribution in [0.1, 0.15) is 38.9 Å². The second-order valence-electron chi connectivity index (χ2n) is 5.74. The average molecular weight is 277 g/mol. The predicted molar refractivity (Wildman–Crippen MR) is 84.3 cm³/mol. The molecule has 112 valence electrons. The molecule has 2 N–H and O–H groups in total. The maximum Gasteiger partial charge on any atom is 0.131 e. The van der Waals surface area contributed by atoms with E-state index in [0.29, 0.717) is 6.04 Å². The van der Waals surface area contributed by atoms with Crippen molar-refractivity contribution in [1.29, 1.82) is 0 Å². The van der Waals surface area contributed by atoms with Crippen LogP contribution in [0.5, 0.6) is 0 Å². The van der Waals surface area contributed by atoms with Gasteiger partial charge in [-0.2, -0.15) is 0 Å². The van der Waals surface area contributed by atoms with E-state index in [9.17, 15) is 0 Å². The fraction of sp³-hybridized carbons (Fsp3) is 0.733. The van der Waals surface area contributed by atoms with Crippen molar-refractivity contribution in [3.8, 4) is 0 Å². The number of hydrogen-bond acceptors (Lipinski definition) is 5. The van der Waals surface area contributed by atoms with E-state index < -0.39 is 0 Å². The highest BCUT2D eigenvalue weighted by molar-refractivity contribution is 5.47. The quantitative estimate of drug-likeness (QED) is 0.764. The van der Waals surface area contributed by atoms with Crippen molar-refractivity contribution in [3.63, 3.8) is 0 Å². The molecule has 1 atom stereocenters. The highest BCUT2D eigenvalue weighted by Crippen LogP contribution is 2.26. The summed E-state index contributed by atoms with van der Waals surface area (Å²) in [5.74, 6) is 2.62. The van der Waals surface area contributed by atoms with Crippen LogP contribution in [0.15, 0.2) is 6.07 Å². The van der Waals surface area contributed by atoms with Gasteiger partial charge in [-0.3, -0.25) is 4.90 Å². The van der Waals surface area contributed by atoms with Crippen LogP contribution in [-0.4, -0.2) is 47.1 Å². The lowest BCUT2D eigenvalue weighted by atomic mass is 10.3. The monoisotopic (exact) mass is 277 g/mol. The zero-order chi connectivity index (χ0) is 14.5. The fourth-order valence-electron chi connectivity index (χ4n) is 2.24. The lowest BCUT2D eigenvalue weighted by Gasteiger charge is -2.24. The highest BCUT2D eigenvalue weighted by Gasteiger charge is 2.28. The van der Waals surface area contributed by atoms with E-state index in [1.807, 2.05) is 13.0 Å². The maximum absolute atomic E-state index is 4.45. The molecule has 1 aliphatic carbocycles. The molecule has 0 aliphatic heterocycles. The zero-order valence-electron chi connectivity index (χ0n) is 13.1. The molecule has 1 aromatic rings. The molecule has 1 fully saturated rings. The number of aryl methyl sites for hydroxylation is 1. The van der Waals surface area contributed by atoms with Gasteiger partial charge in [0.2, 0.25) is 0 Å². The van der Waals surface area contributed by atoms with Gasteiger partial charge in [0.25, 0.3) is 0 Å². The first-order valence-corrected chi connectivity index (χ1v) is 7.65. The average Bonchev–Trinajstić information content (AvgIpc) is 3.25. The molecule has 1 heterocycles. The van der Waals surface area contributed by atoms with Gasteiger partial charge in [0.15, 0.2) is 0 Å². The maximum atomic E-state index is 4.45. The van der Waals surface area contributed by atoms with Crippen molar-refractivity contribution in [2.75, 3.05) is 30.8 Å². The minimum absolute atomic E-state index is 0.518. The second-order valence-corrected chi connectivity index (χ2v) is 5.74. The van der Waals surface area contributed by atoms with Gasteiger partial charge in [0.1, 0.15) is 17.5 Å². The number of likely N-dealkylation sites (N-methyl/N-ethyl adjacent to an activating group) is 1. The van der Waals surface area contributed by atoms with E-state index in [1.165, 1.54) is 12.8 Å². The summed E-state index contributed by atoms with van der Waals surface area (Å²) in [6.45, 7) is 8.20. The lowest BCUT2D eigenvalue weighted by Crippen LogP contribution is -2.36. The first-order chi connectivity index (χ1) is 9.60. The van der Waals surface area contributed by atoms with Gasteiger partial charge in [-0.25, -0.2) is 9.97 Å². The normalized spacial score (nSPS) is 16.2. The van der Waals surface area contributed by atoms with Crippen LogP contribution in [0, 0.1) is 6.92 Å². The van der Waals surface area contributed by atoms with E-state index in [1.54, 1.807) is 0 Å². The minimum Gasteiger partial charge on any atom is -0.370 e. The second kappa shape index (κ2) is 6.88. The Morgan fingerprint density at radius 2 is 1.95 bits per heavy atom. The van der Waals surface area contributed by atoms with Gasteiger partial charge >= 0.3 is 0 Å². The Labute approximate surface area is 122 Å². The topological polar surface area (TPSA) is 53.1 Å². The number of hydrogen-bond donors (Lipinski definition) is 2. The van der Waals surface area contributed by atoms with Gasteiger partial charge in [-0.1, -0.05) is 6.92 Å². The minimum atomic E-state index is 0.518. The van der Waals surface area contributed by atoms with Gasteiger partial charge in [0, 0.05) is 31.2 Å². The number of rotatable bonds is 8. The molecule has 1 aromatic heterocycles. The third-order valence-electron chi connectivity index (χ3n) is 3.79. The van der Waals surface area contributed by atoms with Crippen molar-refractivity contribution in [1.82, 2.24) is 14.9 Å². The number of nitrogens with one attached hydrogen (secondary N) is 2. The molecule has 5 nitrogen and oxygen atoms in total. The van der Waals surface area contributed by atoms with Crippen LogP contribution >= 0.6 is 0 Å². The Morgan fingerprint density at radius 3 is 2.55 bits per heavy atom. The first kappa shape index (κ1) is 15.0. The molecular weight excluding hydrogens is 250 g/mol. The molecule has 20 heavy (non-hydrogen) atoms. The third-order valence-corrected chi connectivity index (χ3v) is 3.79. The van der Waals surface area contributed by atoms with E-state index >= 15 is 0 Å². The molecule has 0 aromatic carbocycles. The van der Waals surface area contributed by atoms with Crippen molar-refractivity contribution in [2.45, 2.75) is 52.1 Å². The summed E-state index contributed by atoms with van der Waals surface area (Å²) in [5, 5.41) is 6.75. The van der Waals surface area contributed by atoms with Gasteiger partial charge in [0.05, 0.1) is 0 Å². The summed E-state index contributed by atoms with van der Waals surface area (Å²) in [4.78, 5) is 11.3. The van der Waals surface area contributed by atoms with E-state index in [2.05, 4.69) is 46.4 Å². The molecule has 0 amide bonds. The molecule has 0 saturated heterocycles. The Morgan fingerprint density at radius 1 is 1.30 bits per heavy atom. The van der Waals surface area contributed by atoms with E-state index in [0.717, 1.165) is 43.0 Å². The van der Waals surface area contributed by atoms with E-state index in [4.69, 9.17) is 0 Å². The van der Waals surface area contributed by atoms with Gasteiger partial charge in [-0.05, 0) is 40.2 Å². The summed E-state index contributed by atoms with van der Waals surface area (Å²) < 4.78 is 0.